The number of anilines is 4. The first-order valence-electron chi connectivity index (χ1n) is 13.4. The number of hydrogen-bond acceptors (Lipinski definition) is 12. The Kier molecular flexibility index (Phi) is 21.1. The summed E-state index contributed by atoms with van der Waals surface area (Å²) >= 11 is 3.26. The van der Waals surface area contributed by atoms with Crippen molar-refractivity contribution in [2.45, 2.75) is 20.8 Å². The minimum atomic E-state index is -6.09. The van der Waals surface area contributed by atoms with Gasteiger partial charge in [0.05, 0.1) is 0 Å². The third kappa shape index (κ3) is 20.7. The Bertz CT molecular complexity index is 1810. The molecule has 53 heavy (non-hydrogen) atoms. The summed E-state index contributed by atoms with van der Waals surface area (Å²) in [5.74, 6) is 1.05. The molecular weight excluding hydrogens is 854 g/mol. The van der Waals surface area contributed by atoms with Crippen molar-refractivity contribution in [2.24, 2.45) is 0 Å². The number of rotatable bonds is 6. The first kappa shape index (κ1) is 48.9. The summed E-state index contributed by atoms with van der Waals surface area (Å²) in [7, 11) is -12.2. The molecule has 0 aliphatic heterocycles. The van der Waals surface area contributed by atoms with Gasteiger partial charge < -0.3 is 19.7 Å². The minimum Gasteiger partial charge on any atom is -0.741 e. The quantitative estimate of drug-likeness (QED) is 0.0506. The summed E-state index contributed by atoms with van der Waals surface area (Å²) in [5, 5.41) is 10.8. The van der Waals surface area contributed by atoms with Crippen molar-refractivity contribution in [3.8, 4) is 0 Å². The molecule has 0 atom stereocenters. The predicted octanol–water partition coefficient (Wildman–Crippen LogP) is 7.00. The van der Waals surface area contributed by atoms with Crippen LogP contribution in [-0.2, 0) is 37.3 Å². The third-order valence-corrected chi connectivity index (χ3v) is 7.62. The molecule has 0 bridgehead atoms. The molecule has 293 valence electrons. The fourth-order valence-corrected chi connectivity index (χ4v) is 3.75. The van der Waals surface area contributed by atoms with Crippen molar-refractivity contribution in [3.05, 3.63) is 97.3 Å². The first-order valence-corrected chi connectivity index (χ1v) is 18.6. The Labute approximate surface area is 318 Å². The standard InChI is InChI=1S/2C13H13N3OS.2CHF3O3S.Cu/c2*1-18-11-6-4-5-10(9-11)15-13(17)16-12-7-2-3-8-14-12;2*2-1(3,4)8(5,6)7;/h2*2-9H,1H3,(H2,14,15,16,17);2*(H,5,6,7);/q;;;;+2/p-2. The summed E-state index contributed by atoms with van der Waals surface area (Å²) in [6, 6.07) is 25.4. The molecule has 4 rings (SSSR count). The van der Waals surface area contributed by atoms with Crippen LogP contribution in [0.4, 0.5) is 58.9 Å². The molecule has 25 heteroatoms. The van der Waals surface area contributed by atoms with E-state index in [0.717, 1.165) is 21.2 Å². The van der Waals surface area contributed by atoms with Crippen LogP contribution in [0.1, 0.15) is 0 Å². The molecule has 2 aromatic carbocycles. The number of halogens is 6. The molecule has 0 saturated heterocycles. The number of carbonyl (C=O) groups is 2. The van der Waals surface area contributed by atoms with E-state index in [2.05, 4.69) is 31.2 Å². The average Bonchev–Trinajstić information content (AvgIpc) is 3.05. The normalized spacial score (nSPS) is 10.9. The Morgan fingerprint density at radius 2 is 0.906 bits per heavy atom. The zero-order valence-electron chi connectivity index (χ0n) is 26.6. The molecule has 0 spiro atoms. The molecule has 14 nitrogen and oxygen atoms in total. The molecule has 1 radical (unpaired) electrons. The van der Waals surface area contributed by atoms with Crippen LogP contribution in [0.15, 0.2) is 107 Å². The first-order chi connectivity index (χ1) is 24.1. The molecule has 4 amide bonds. The van der Waals surface area contributed by atoms with Crippen LogP contribution in [0, 0.1) is 0 Å². The number of carbonyl (C=O) groups excluding carboxylic acids is 2. The Hall–Kier alpha value is -4.10. The van der Waals surface area contributed by atoms with Crippen molar-refractivity contribution < 1.29 is 78.9 Å². The van der Waals surface area contributed by atoms with E-state index in [1.165, 1.54) is 0 Å². The minimum absolute atomic E-state index is 0. The number of nitrogens with one attached hydrogen (secondary N) is 4. The maximum Gasteiger partial charge on any atom is 2.00 e. The van der Waals surface area contributed by atoms with Crippen molar-refractivity contribution in [3.63, 3.8) is 0 Å². The van der Waals surface area contributed by atoms with Crippen LogP contribution < -0.4 is 21.3 Å². The summed E-state index contributed by atoms with van der Waals surface area (Å²) in [6.07, 6.45) is 7.24. The maximum absolute atomic E-state index is 11.7. The largest absolute Gasteiger partial charge is 2.00 e. The van der Waals surface area contributed by atoms with Gasteiger partial charge in [0, 0.05) is 33.6 Å². The fraction of sp³-hybridized carbons (Fsp3) is 0.143. The van der Waals surface area contributed by atoms with Crippen molar-refractivity contribution in [1.82, 2.24) is 9.97 Å². The van der Waals surface area contributed by atoms with E-state index in [9.17, 15) is 35.9 Å². The zero-order valence-corrected chi connectivity index (χ0v) is 30.8. The van der Waals surface area contributed by atoms with Gasteiger partial charge in [-0.2, -0.15) is 26.3 Å². The van der Waals surface area contributed by atoms with E-state index in [1.807, 2.05) is 73.2 Å². The van der Waals surface area contributed by atoms with E-state index in [1.54, 1.807) is 60.2 Å². The smallest absolute Gasteiger partial charge is 0.741 e. The Morgan fingerprint density at radius 3 is 1.15 bits per heavy atom. The molecule has 2 heterocycles. The Balaban J connectivity index is 0.000000726. The molecule has 0 aliphatic carbocycles. The number of aromatic nitrogens is 2. The van der Waals surface area contributed by atoms with Gasteiger partial charge in [-0.05, 0) is 73.2 Å². The molecule has 4 aromatic rings. The summed E-state index contributed by atoms with van der Waals surface area (Å²) in [4.78, 5) is 33.7. The van der Waals surface area contributed by atoms with Gasteiger partial charge in [-0.3, -0.25) is 10.6 Å². The van der Waals surface area contributed by atoms with Crippen LogP contribution in [0.3, 0.4) is 0 Å². The van der Waals surface area contributed by atoms with E-state index in [0.29, 0.717) is 11.6 Å². The Morgan fingerprint density at radius 1 is 0.585 bits per heavy atom. The number of hydrogen-bond donors (Lipinski definition) is 4. The second-order valence-corrected chi connectivity index (χ2v) is 13.4. The van der Waals surface area contributed by atoms with Crippen molar-refractivity contribution in [2.75, 3.05) is 33.8 Å². The fourth-order valence-electron chi connectivity index (χ4n) is 2.83. The second-order valence-electron chi connectivity index (χ2n) is 8.85. The predicted molar refractivity (Wildman–Crippen MR) is 182 cm³/mol. The van der Waals surface area contributed by atoms with Crippen LogP contribution >= 0.6 is 23.5 Å². The third-order valence-electron chi connectivity index (χ3n) is 5.04. The average molecular weight is 880 g/mol. The van der Waals surface area contributed by atoms with Gasteiger partial charge in [0.25, 0.3) is 0 Å². The molecule has 0 unspecified atom stereocenters. The molecule has 0 fully saturated rings. The van der Waals surface area contributed by atoms with Gasteiger partial charge in [0.15, 0.2) is 20.2 Å². The maximum atomic E-state index is 11.7. The van der Waals surface area contributed by atoms with Crippen LogP contribution in [0.5, 0.6) is 0 Å². The number of nitrogens with zero attached hydrogens (tertiary/aromatic N) is 2. The van der Waals surface area contributed by atoms with Gasteiger partial charge in [0.2, 0.25) is 0 Å². The number of alkyl halides is 6. The van der Waals surface area contributed by atoms with E-state index >= 15 is 0 Å². The monoisotopic (exact) mass is 879 g/mol. The van der Waals surface area contributed by atoms with Crippen molar-refractivity contribution >= 4 is 78.8 Å². The van der Waals surface area contributed by atoms with E-state index < -0.39 is 31.3 Å². The second kappa shape index (κ2) is 22.9. The number of benzene rings is 2. The number of thioether (sulfide) groups is 2. The molecule has 4 N–H and O–H groups in total. The SMILES string of the molecule is CSc1cccc(NC(=O)Nc2ccccn2)c1.CSc1cccc(NC(=O)Nc2ccccn2)c1.O=S(=O)([O-])C(F)(F)F.O=S(=O)([O-])C(F)(F)F.[Cu+2]. The summed E-state index contributed by atoms with van der Waals surface area (Å²) in [6.45, 7) is 0. The van der Waals surface area contributed by atoms with E-state index in [4.69, 9.17) is 25.9 Å². The number of urea groups is 2. The summed E-state index contributed by atoms with van der Waals surface area (Å²) in [5.41, 5.74) is -9.77. The van der Waals surface area contributed by atoms with E-state index in [-0.39, 0.29) is 29.1 Å². The molecule has 2 aromatic heterocycles. The van der Waals surface area contributed by atoms with Gasteiger partial charge >= 0.3 is 40.1 Å². The van der Waals surface area contributed by atoms with Gasteiger partial charge in [-0.1, -0.05) is 24.3 Å². The number of amides is 4. The summed E-state index contributed by atoms with van der Waals surface area (Å²) < 4.78 is 118. The topological polar surface area (TPSA) is 222 Å². The van der Waals surface area contributed by atoms with Crippen LogP contribution in [0.2, 0.25) is 0 Å². The van der Waals surface area contributed by atoms with Gasteiger partial charge in [-0.25, -0.2) is 36.4 Å². The number of pyridine rings is 2. The van der Waals surface area contributed by atoms with Gasteiger partial charge in [0.1, 0.15) is 11.6 Å². The van der Waals surface area contributed by atoms with Gasteiger partial charge in [-0.15, -0.1) is 23.5 Å². The molecular formula is C28H26CuF6N6O8S4. The zero-order chi connectivity index (χ0) is 39.6. The molecule has 0 aliphatic rings. The van der Waals surface area contributed by atoms with Crippen LogP contribution in [0.25, 0.3) is 0 Å². The molecule has 0 saturated carbocycles. The van der Waals surface area contributed by atoms with Crippen LogP contribution in [-0.4, -0.2) is 71.5 Å². The van der Waals surface area contributed by atoms with Crippen molar-refractivity contribution in [1.29, 1.82) is 0 Å².